The van der Waals surface area contributed by atoms with Crippen LogP contribution in [0.15, 0.2) is 41.6 Å². The second kappa shape index (κ2) is 6.06. The number of anilines is 1. The van der Waals surface area contributed by atoms with Crippen molar-refractivity contribution in [3.8, 4) is 0 Å². The Balaban J connectivity index is 2.04. The molecule has 0 spiro atoms. The minimum atomic E-state index is -3.51. The highest BCUT2D eigenvalue weighted by molar-refractivity contribution is 7.89. The minimum absolute atomic E-state index is 0.258. The number of nitrogens with zero attached hydrogens (tertiary/aromatic N) is 2. The third kappa shape index (κ3) is 3.37. The zero-order valence-electron chi connectivity index (χ0n) is 11.5. The summed E-state index contributed by atoms with van der Waals surface area (Å²) < 4.78 is 28.8. The van der Waals surface area contributed by atoms with Crippen LogP contribution in [0.25, 0.3) is 0 Å². The number of rotatable bonds is 6. The number of benzene rings is 1. The lowest BCUT2D eigenvalue weighted by molar-refractivity contribution is 0.582. The van der Waals surface area contributed by atoms with Crippen LogP contribution in [0, 0.1) is 0 Å². The molecule has 1 aromatic carbocycles. The molecule has 1 heterocycles. The van der Waals surface area contributed by atoms with Gasteiger partial charge in [-0.2, -0.15) is 5.10 Å². The van der Waals surface area contributed by atoms with Crippen molar-refractivity contribution in [2.75, 3.05) is 18.9 Å². The molecular weight excluding hydrogens is 276 g/mol. The fraction of sp³-hybridized carbons (Fsp3) is 0.308. The predicted octanol–water partition coefficient (Wildman–Crippen LogP) is 0.983. The van der Waals surface area contributed by atoms with E-state index in [9.17, 15) is 8.42 Å². The predicted molar refractivity (Wildman–Crippen MR) is 78.1 cm³/mol. The van der Waals surface area contributed by atoms with E-state index in [4.69, 9.17) is 0 Å². The van der Waals surface area contributed by atoms with Gasteiger partial charge in [-0.25, -0.2) is 13.1 Å². The molecule has 0 amide bonds. The third-order valence-corrected chi connectivity index (χ3v) is 4.43. The van der Waals surface area contributed by atoms with Crippen LogP contribution in [-0.4, -0.2) is 31.8 Å². The first-order chi connectivity index (χ1) is 9.53. The third-order valence-electron chi connectivity index (χ3n) is 2.91. The zero-order valence-corrected chi connectivity index (χ0v) is 12.3. The van der Waals surface area contributed by atoms with Gasteiger partial charge in [0.25, 0.3) is 0 Å². The number of nitrogens with one attached hydrogen (secondary N) is 2. The van der Waals surface area contributed by atoms with Crippen molar-refractivity contribution in [3.05, 3.63) is 42.2 Å². The Morgan fingerprint density at radius 3 is 2.70 bits per heavy atom. The van der Waals surface area contributed by atoms with Gasteiger partial charge in [0.15, 0.2) is 0 Å². The molecule has 0 aliphatic rings. The Labute approximate surface area is 118 Å². The highest BCUT2D eigenvalue weighted by Gasteiger charge is 2.16. The van der Waals surface area contributed by atoms with E-state index in [2.05, 4.69) is 15.1 Å². The van der Waals surface area contributed by atoms with E-state index in [1.807, 2.05) is 13.2 Å². The van der Waals surface area contributed by atoms with Crippen molar-refractivity contribution >= 4 is 15.7 Å². The van der Waals surface area contributed by atoms with Gasteiger partial charge in [0, 0.05) is 26.8 Å². The van der Waals surface area contributed by atoms with Crippen molar-refractivity contribution in [1.82, 2.24) is 14.5 Å². The van der Waals surface area contributed by atoms with E-state index in [0.29, 0.717) is 18.7 Å². The molecule has 2 N–H and O–H groups in total. The molecule has 0 atom stereocenters. The summed E-state index contributed by atoms with van der Waals surface area (Å²) in [6.45, 7) is 0.339. The number of para-hydroxylation sites is 1. The van der Waals surface area contributed by atoms with Crippen molar-refractivity contribution < 1.29 is 8.42 Å². The van der Waals surface area contributed by atoms with Crippen LogP contribution in [0.3, 0.4) is 0 Å². The van der Waals surface area contributed by atoms with Gasteiger partial charge >= 0.3 is 0 Å². The molecular formula is C13H18N4O2S. The molecule has 0 saturated carbocycles. The summed E-state index contributed by atoms with van der Waals surface area (Å²) in [6, 6.07) is 6.81. The van der Waals surface area contributed by atoms with Crippen LogP contribution in [0.5, 0.6) is 0 Å². The van der Waals surface area contributed by atoms with Gasteiger partial charge in [-0.15, -0.1) is 0 Å². The number of hydrogen-bond donors (Lipinski definition) is 2. The Morgan fingerprint density at radius 2 is 2.05 bits per heavy atom. The number of aromatic nitrogens is 2. The normalized spacial score (nSPS) is 11.5. The molecule has 1 aromatic heterocycles. The van der Waals surface area contributed by atoms with Gasteiger partial charge in [0.1, 0.15) is 4.90 Å². The summed E-state index contributed by atoms with van der Waals surface area (Å²) in [7, 11) is 0.0225. The van der Waals surface area contributed by atoms with E-state index in [1.54, 1.807) is 42.2 Å². The van der Waals surface area contributed by atoms with Crippen molar-refractivity contribution in [1.29, 1.82) is 0 Å². The van der Waals surface area contributed by atoms with Crippen LogP contribution in [0.2, 0.25) is 0 Å². The van der Waals surface area contributed by atoms with Gasteiger partial charge in [0.05, 0.1) is 11.9 Å². The van der Waals surface area contributed by atoms with E-state index < -0.39 is 10.0 Å². The molecule has 0 aliphatic heterocycles. The zero-order chi connectivity index (χ0) is 14.6. The van der Waals surface area contributed by atoms with Crippen LogP contribution in [-0.2, 0) is 23.5 Å². The molecule has 2 aromatic rings. The molecule has 6 nitrogen and oxygen atoms in total. The average molecular weight is 294 g/mol. The summed E-state index contributed by atoms with van der Waals surface area (Å²) in [5, 5.41) is 6.93. The lowest BCUT2D eigenvalue weighted by atomic mass is 10.3. The number of hydrogen-bond acceptors (Lipinski definition) is 4. The maximum Gasteiger partial charge on any atom is 0.242 e. The largest absolute Gasteiger partial charge is 0.387 e. The fourth-order valence-electron chi connectivity index (χ4n) is 1.92. The summed E-state index contributed by atoms with van der Waals surface area (Å²) in [5.41, 5.74) is 1.58. The maximum absolute atomic E-state index is 12.2. The molecule has 108 valence electrons. The number of aryl methyl sites for hydroxylation is 1. The number of sulfonamides is 1. The monoisotopic (exact) mass is 294 g/mol. The SMILES string of the molecule is CNc1ccccc1S(=O)(=O)NCCc1cnn(C)c1. The fourth-order valence-corrected chi connectivity index (χ4v) is 3.16. The maximum atomic E-state index is 12.2. The quantitative estimate of drug-likeness (QED) is 0.833. The van der Waals surface area contributed by atoms with Crippen molar-refractivity contribution in [2.24, 2.45) is 7.05 Å². The topological polar surface area (TPSA) is 76.0 Å². The van der Waals surface area contributed by atoms with Crippen molar-refractivity contribution in [3.63, 3.8) is 0 Å². The smallest absolute Gasteiger partial charge is 0.242 e. The van der Waals surface area contributed by atoms with Crippen LogP contribution in [0.1, 0.15) is 5.56 Å². The first kappa shape index (κ1) is 14.5. The highest BCUT2D eigenvalue weighted by atomic mass is 32.2. The summed E-state index contributed by atoms with van der Waals surface area (Å²) >= 11 is 0. The molecule has 0 radical (unpaired) electrons. The second-order valence-electron chi connectivity index (χ2n) is 4.42. The Bertz CT molecular complexity index is 679. The van der Waals surface area contributed by atoms with Crippen LogP contribution >= 0.6 is 0 Å². The summed E-state index contributed by atoms with van der Waals surface area (Å²) in [5.74, 6) is 0. The first-order valence-corrected chi connectivity index (χ1v) is 7.75. The van der Waals surface area contributed by atoms with Gasteiger partial charge in [-0.3, -0.25) is 4.68 Å². The van der Waals surface area contributed by atoms with Crippen LogP contribution in [0.4, 0.5) is 5.69 Å². The standard InChI is InChI=1S/C13H18N4O2S/c1-14-12-5-3-4-6-13(12)20(18,19)16-8-7-11-9-15-17(2)10-11/h3-6,9-10,14,16H,7-8H2,1-2H3. The summed E-state index contributed by atoms with van der Waals surface area (Å²) in [4.78, 5) is 0.258. The molecule has 0 aliphatic carbocycles. The second-order valence-corrected chi connectivity index (χ2v) is 6.15. The first-order valence-electron chi connectivity index (χ1n) is 6.27. The van der Waals surface area contributed by atoms with Gasteiger partial charge in [-0.1, -0.05) is 12.1 Å². The Hall–Kier alpha value is -1.86. The molecule has 2 rings (SSSR count). The van der Waals surface area contributed by atoms with Gasteiger partial charge in [-0.05, 0) is 24.1 Å². The van der Waals surface area contributed by atoms with E-state index in [1.165, 1.54) is 0 Å². The summed E-state index contributed by atoms with van der Waals surface area (Å²) in [6.07, 6.45) is 4.21. The lowest BCUT2D eigenvalue weighted by Gasteiger charge is -2.10. The molecule has 7 heteroatoms. The Kier molecular flexibility index (Phi) is 4.41. The minimum Gasteiger partial charge on any atom is -0.387 e. The molecule has 0 saturated heterocycles. The van der Waals surface area contributed by atoms with Gasteiger partial charge in [0.2, 0.25) is 10.0 Å². The lowest BCUT2D eigenvalue weighted by Crippen LogP contribution is -2.26. The van der Waals surface area contributed by atoms with Crippen LogP contribution < -0.4 is 10.0 Å². The molecule has 0 bridgehead atoms. The van der Waals surface area contributed by atoms with E-state index in [-0.39, 0.29) is 4.90 Å². The molecule has 0 unspecified atom stereocenters. The molecule has 20 heavy (non-hydrogen) atoms. The molecule has 0 fully saturated rings. The van der Waals surface area contributed by atoms with E-state index in [0.717, 1.165) is 5.56 Å². The van der Waals surface area contributed by atoms with Crippen molar-refractivity contribution in [2.45, 2.75) is 11.3 Å². The Morgan fingerprint density at radius 1 is 1.30 bits per heavy atom. The van der Waals surface area contributed by atoms with E-state index >= 15 is 0 Å². The highest BCUT2D eigenvalue weighted by Crippen LogP contribution is 2.19. The average Bonchev–Trinajstić information content (AvgIpc) is 2.84. The van der Waals surface area contributed by atoms with Gasteiger partial charge < -0.3 is 5.32 Å².